The quantitative estimate of drug-likeness (QED) is 0.820. The lowest BCUT2D eigenvalue weighted by Crippen LogP contribution is -2.31. The van der Waals surface area contributed by atoms with Crippen LogP contribution < -0.4 is 5.32 Å². The summed E-state index contributed by atoms with van der Waals surface area (Å²) in [6.45, 7) is 11.4. The van der Waals surface area contributed by atoms with Crippen LogP contribution in [0.1, 0.15) is 58.2 Å². The molecule has 1 rings (SSSR count). The molecule has 2 N–H and O–H groups in total. The lowest BCUT2D eigenvalue weighted by Gasteiger charge is -2.24. The molecule has 108 valence electrons. The first-order chi connectivity index (χ1) is 8.81. The van der Waals surface area contributed by atoms with Gasteiger partial charge in [0.15, 0.2) is 0 Å². The van der Waals surface area contributed by atoms with Crippen molar-refractivity contribution in [2.75, 3.05) is 6.54 Å². The molecule has 0 heterocycles. The van der Waals surface area contributed by atoms with Crippen molar-refractivity contribution < 1.29 is 5.11 Å². The van der Waals surface area contributed by atoms with Crippen molar-refractivity contribution in [3.8, 4) is 0 Å². The average Bonchev–Trinajstić information content (AvgIpc) is 2.34. The van der Waals surface area contributed by atoms with E-state index in [0.29, 0.717) is 6.54 Å². The molecule has 0 fully saturated rings. The molecule has 0 bridgehead atoms. The van der Waals surface area contributed by atoms with E-state index < -0.39 is 0 Å². The number of hydrogen-bond acceptors (Lipinski definition) is 2. The fraction of sp³-hybridized carbons (Fsp3) is 0.647. The van der Waals surface area contributed by atoms with Crippen LogP contribution in [0.25, 0.3) is 0 Å². The smallest absolute Gasteiger partial charge is 0.0669 e. The second-order valence-corrected chi connectivity index (χ2v) is 6.64. The van der Waals surface area contributed by atoms with Crippen molar-refractivity contribution in [1.29, 1.82) is 0 Å². The fourth-order valence-corrected chi connectivity index (χ4v) is 2.25. The summed E-state index contributed by atoms with van der Waals surface area (Å²) in [4.78, 5) is 0. The van der Waals surface area contributed by atoms with Crippen LogP contribution in [0.4, 0.5) is 0 Å². The van der Waals surface area contributed by atoms with E-state index in [9.17, 15) is 5.11 Å². The SMILES string of the molecule is CCc1ccc(C(C)NCC(O)CC(C)(C)C)cc1. The van der Waals surface area contributed by atoms with Gasteiger partial charge in [0, 0.05) is 12.6 Å². The Morgan fingerprint density at radius 1 is 1.16 bits per heavy atom. The van der Waals surface area contributed by atoms with E-state index in [0.717, 1.165) is 12.8 Å². The Kier molecular flexibility index (Phi) is 6.02. The van der Waals surface area contributed by atoms with E-state index in [1.807, 2.05) is 0 Å². The van der Waals surface area contributed by atoms with Crippen molar-refractivity contribution >= 4 is 0 Å². The normalized spacial score (nSPS) is 15.3. The number of rotatable bonds is 6. The molecule has 0 aromatic heterocycles. The predicted octanol–water partition coefficient (Wildman–Crippen LogP) is 3.70. The van der Waals surface area contributed by atoms with Gasteiger partial charge in [-0.05, 0) is 36.3 Å². The van der Waals surface area contributed by atoms with Gasteiger partial charge in [-0.3, -0.25) is 0 Å². The maximum atomic E-state index is 10.0. The summed E-state index contributed by atoms with van der Waals surface area (Å²) in [5.74, 6) is 0. The maximum absolute atomic E-state index is 10.0. The summed E-state index contributed by atoms with van der Waals surface area (Å²) in [5.41, 5.74) is 2.82. The first-order valence-electron chi connectivity index (χ1n) is 7.32. The van der Waals surface area contributed by atoms with Crippen LogP contribution in [-0.2, 0) is 6.42 Å². The van der Waals surface area contributed by atoms with Crippen molar-refractivity contribution in [3.63, 3.8) is 0 Å². The minimum Gasteiger partial charge on any atom is -0.392 e. The Bertz CT molecular complexity index is 364. The number of aryl methyl sites for hydroxylation is 1. The molecule has 0 radical (unpaired) electrons. The van der Waals surface area contributed by atoms with Crippen LogP contribution in [0.15, 0.2) is 24.3 Å². The maximum Gasteiger partial charge on any atom is 0.0669 e. The highest BCUT2D eigenvalue weighted by molar-refractivity contribution is 5.24. The first-order valence-corrected chi connectivity index (χ1v) is 7.32. The molecule has 0 aliphatic carbocycles. The zero-order valence-electron chi connectivity index (χ0n) is 13.0. The predicted molar refractivity (Wildman–Crippen MR) is 82.3 cm³/mol. The van der Waals surface area contributed by atoms with Gasteiger partial charge in [-0.15, -0.1) is 0 Å². The molecule has 0 saturated carbocycles. The van der Waals surface area contributed by atoms with E-state index in [1.165, 1.54) is 11.1 Å². The molecule has 0 aliphatic heterocycles. The highest BCUT2D eigenvalue weighted by Gasteiger charge is 2.17. The Morgan fingerprint density at radius 2 is 1.74 bits per heavy atom. The van der Waals surface area contributed by atoms with Gasteiger partial charge in [0.25, 0.3) is 0 Å². The van der Waals surface area contributed by atoms with Crippen LogP contribution in [0.3, 0.4) is 0 Å². The standard InChI is InChI=1S/C17H29NO/c1-6-14-7-9-15(10-8-14)13(2)18-12-16(19)11-17(3,4)5/h7-10,13,16,18-19H,6,11-12H2,1-5H3. The van der Waals surface area contributed by atoms with Crippen LogP contribution >= 0.6 is 0 Å². The second kappa shape index (κ2) is 7.06. The molecule has 0 spiro atoms. The lowest BCUT2D eigenvalue weighted by molar-refractivity contribution is 0.117. The molecule has 19 heavy (non-hydrogen) atoms. The molecule has 2 heteroatoms. The van der Waals surface area contributed by atoms with Crippen molar-refractivity contribution in [2.45, 2.75) is 59.6 Å². The zero-order valence-corrected chi connectivity index (χ0v) is 13.0. The third kappa shape index (κ3) is 6.22. The van der Waals surface area contributed by atoms with Crippen molar-refractivity contribution in [1.82, 2.24) is 5.32 Å². The Balaban J connectivity index is 2.43. The van der Waals surface area contributed by atoms with Crippen LogP contribution in [0, 0.1) is 5.41 Å². The Labute approximate surface area is 118 Å². The topological polar surface area (TPSA) is 32.3 Å². The number of nitrogens with one attached hydrogen (secondary N) is 1. The summed E-state index contributed by atoms with van der Waals surface area (Å²) in [6.07, 6.45) is 1.62. The third-order valence-electron chi connectivity index (χ3n) is 3.40. The van der Waals surface area contributed by atoms with E-state index in [4.69, 9.17) is 0 Å². The van der Waals surface area contributed by atoms with Gasteiger partial charge in [0.2, 0.25) is 0 Å². The van der Waals surface area contributed by atoms with Crippen LogP contribution in [0.5, 0.6) is 0 Å². The molecule has 2 nitrogen and oxygen atoms in total. The van der Waals surface area contributed by atoms with Gasteiger partial charge >= 0.3 is 0 Å². The minimum atomic E-state index is -0.280. The zero-order chi connectivity index (χ0) is 14.5. The molecule has 1 aromatic carbocycles. The Hall–Kier alpha value is -0.860. The number of hydrogen-bond donors (Lipinski definition) is 2. The summed E-state index contributed by atoms with van der Waals surface area (Å²) >= 11 is 0. The summed E-state index contributed by atoms with van der Waals surface area (Å²) in [6, 6.07) is 8.98. The van der Waals surface area contributed by atoms with Crippen LogP contribution in [-0.4, -0.2) is 17.8 Å². The highest BCUT2D eigenvalue weighted by atomic mass is 16.3. The summed E-state index contributed by atoms with van der Waals surface area (Å²) in [5, 5.41) is 13.4. The van der Waals surface area contributed by atoms with Gasteiger partial charge in [-0.1, -0.05) is 52.0 Å². The third-order valence-corrected chi connectivity index (χ3v) is 3.40. The highest BCUT2D eigenvalue weighted by Crippen LogP contribution is 2.21. The second-order valence-electron chi connectivity index (χ2n) is 6.64. The van der Waals surface area contributed by atoms with Crippen molar-refractivity contribution in [2.24, 2.45) is 5.41 Å². The average molecular weight is 263 g/mol. The van der Waals surface area contributed by atoms with E-state index in [2.05, 4.69) is 64.2 Å². The van der Waals surface area contributed by atoms with Gasteiger partial charge in [0.1, 0.15) is 0 Å². The fourth-order valence-electron chi connectivity index (χ4n) is 2.25. The molecular formula is C17H29NO. The van der Waals surface area contributed by atoms with Crippen molar-refractivity contribution in [3.05, 3.63) is 35.4 Å². The van der Waals surface area contributed by atoms with Gasteiger partial charge in [-0.2, -0.15) is 0 Å². The molecular weight excluding hydrogens is 234 g/mol. The largest absolute Gasteiger partial charge is 0.392 e. The monoisotopic (exact) mass is 263 g/mol. The molecule has 2 atom stereocenters. The molecule has 0 saturated heterocycles. The van der Waals surface area contributed by atoms with Gasteiger partial charge in [-0.25, -0.2) is 0 Å². The summed E-state index contributed by atoms with van der Waals surface area (Å²) in [7, 11) is 0. The number of aliphatic hydroxyl groups is 1. The lowest BCUT2D eigenvalue weighted by atomic mass is 9.89. The van der Waals surface area contributed by atoms with E-state index >= 15 is 0 Å². The van der Waals surface area contributed by atoms with Crippen LogP contribution in [0.2, 0.25) is 0 Å². The molecule has 0 aliphatic rings. The number of aliphatic hydroxyl groups excluding tert-OH is 1. The number of benzene rings is 1. The Morgan fingerprint density at radius 3 is 2.21 bits per heavy atom. The first kappa shape index (κ1) is 16.2. The van der Waals surface area contributed by atoms with Gasteiger partial charge in [0.05, 0.1) is 6.10 Å². The molecule has 0 amide bonds. The van der Waals surface area contributed by atoms with E-state index in [-0.39, 0.29) is 17.6 Å². The minimum absolute atomic E-state index is 0.174. The molecule has 2 unspecified atom stereocenters. The van der Waals surface area contributed by atoms with E-state index in [1.54, 1.807) is 0 Å². The summed E-state index contributed by atoms with van der Waals surface area (Å²) < 4.78 is 0. The van der Waals surface area contributed by atoms with Gasteiger partial charge < -0.3 is 10.4 Å². The molecule has 1 aromatic rings.